The Labute approximate surface area is 136 Å². The standard InChI is InChI=1S/C17H22ClN3O/c1-2-14(7-5-6-12-18)10-11-15(22)13-21-17-9-4-3-8-16(17)19-20-21/h2-4,8-9,14H,1,5-7,10-13H2. The summed E-state index contributed by atoms with van der Waals surface area (Å²) in [6, 6.07) is 7.67. The molecular formula is C17H22ClN3O. The molecule has 1 unspecified atom stereocenters. The summed E-state index contributed by atoms with van der Waals surface area (Å²) >= 11 is 5.69. The zero-order chi connectivity index (χ0) is 15.8. The van der Waals surface area contributed by atoms with Gasteiger partial charge in [0.25, 0.3) is 0 Å². The Bertz CT molecular complexity index is 623. The Morgan fingerprint density at radius 3 is 2.91 bits per heavy atom. The number of rotatable bonds is 10. The van der Waals surface area contributed by atoms with E-state index >= 15 is 0 Å². The fourth-order valence-electron chi connectivity index (χ4n) is 2.51. The highest BCUT2D eigenvalue weighted by Crippen LogP contribution is 2.17. The first-order valence-corrected chi connectivity index (χ1v) is 8.26. The summed E-state index contributed by atoms with van der Waals surface area (Å²) < 4.78 is 1.67. The fourth-order valence-corrected chi connectivity index (χ4v) is 2.70. The molecule has 0 amide bonds. The van der Waals surface area contributed by atoms with Gasteiger partial charge in [-0.05, 0) is 37.3 Å². The van der Waals surface area contributed by atoms with Gasteiger partial charge in [-0.3, -0.25) is 4.79 Å². The van der Waals surface area contributed by atoms with E-state index in [0.29, 0.717) is 18.2 Å². The van der Waals surface area contributed by atoms with Crippen molar-refractivity contribution >= 4 is 28.4 Å². The monoisotopic (exact) mass is 319 g/mol. The van der Waals surface area contributed by atoms with Crippen LogP contribution in [0.25, 0.3) is 11.0 Å². The Morgan fingerprint density at radius 1 is 1.32 bits per heavy atom. The third-order valence-electron chi connectivity index (χ3n) is 3.83. The normalized spacial score (nSPS) is 12.4. The minimum atomic E-state index is 0.180. The fraction of sp³-hybridized carbons (Fsp3) is 0.471. The largest absolute Gasteiger partial charge is 0.298 e. The number of fused-ring (bicyclic) bond motifs is 1. The Balaban J connectivity index is 1.83. The molecule has 1 aromatic carbocycles. The van der Waals surface area contributed by atoms with Crippen LogP contribution < -0.4 is 0 Å². The van der Waals surface area contributed by atoms with Crippen LogP contribution in [0.15, 0.2) is 36.9 Å². The van der Waals surface area contributed by atoms with E-state index in [9.17, 15) is 4.79 Å². The molecule has 0 saturated carbocycles. The van der Waals surface area contributed by atoms with Gasteiger partial charge in [0, 0.05) is 12.3 Å². The summed E-state index contributed by atoms with van der Waals surface area (Å²) in [7, 11) is 0. The molecule has 0 aliphatic carbocycles. The maximum Gasteiger partial charge on any atom is 0.154 e. The van der Waals surface area contributed by atoms with E-state index in [1.165, 1.54) is 0 Å². The highest BCUT2D eigenvalue weighted by Gasteiger charge is 2.11. The van der Waals surface area contributed by atoms with Crippen molar-refractivity contribution in [1.82, 2.24) is 15.0 Å². The molecule has 22 heavy (non-hydrogen) atoms. The van der Waals surface area contributed by atoms with Gasteiger partial charge in [-0.1, -0.05) is 29.8 Å². The van der Waals surface area contributed by atoms with Crippen molar-refractivity contribution in [2.24, 2.45) is 5.92 Å². The molecule has 0 aliphatic heterocycles. The molecule has 2 aromatic rings. The second-order valence-corrected chi connectivity index (χ2v) is 5.87. The molecule has 0 spiro atoms. The summed E-state index contributed by atoms with van der Waals surface area (Å²) in [5.41, 5.74) is 1.72. The zero-order valence-electron chi connectivity index (χ0n) is 12.7. The van der Waals surface area contributed by atoms with Gasteiger partial charge in [0.15, 0.2) is 5.78 Å². The number of Topliss-reactive ketones (excluding diaryl/α,β-unsaturated/α-hetero) is 1. The van der Waals surface area contributed by atoms with Crippen LogP contribution in [-0.4, -0.2) is 26.7 Å². The summed E-state index contributed by atoms with van der Waals surface area (Å²) in [6.45, 7) is 4.15. The molecule has 0 radical (unpaired) electrons. The average Bonchev–Trinajstić information content (AvgIpc) is 2.94. The van der Waals surface area contributed by atoms with Crippen LogP contribution in [0.1, 0.15) is 32.1 Å². The summed E-state index contributed by atoms with van der Waals surface area (Å²) in [4.78, 5) is 12.2. The maximum atomic E-state index is 12.2. The molecule has 0 bridgehead atoms. The number of hydrogen-bond donors (Lipinski definition) is 0. The van der Waals surface area contributed by atoms with Crippen molar-refractivity contribution in [3.05, 3.63) is 36.9 Å². The smallest absolute Gasteiger partial charge is 0.154 e. The van der Waals surface area contributed by atoms with Gasteiger partial charge >= 0.3 is 0 Å². The van der Waals surface area contributed by atoms with Gasteiger partial charge < -0.3 is 0 Å². The highest BCUT2D eigenvalue weighted by molar-refractivity contribution is 6.17. The average molecular weight is 320 g/mol. The molecule has 0 aliphatic rings. The second kappa shape index (κ2) is 8.69. The van der Waals surface area contributed by atoms with Crippen molar-refractivity contribution in [1.29, 1.82) is 0 Å². The van der Waals surface area contributed by atoms with E-state index in [4.69, 9.17) is 11.6 Å². The van der Waals surface area contributed by atoms with Crippen LogP contribution >= 0.6 is 11.6 Å². The van der Waals surface area contributed by atoms with E-state index in [1.54, 1.807) is 4.68 Å². The Hall–Kier alpha value is -1.68. The molecule has 1 heterocycles. The number of carbonyl (C=O) groups is 1. The number of para-hydroxylation sites is 1. The minimum absolute atomic E-state index is 0.180. The third kappa shape index (κ3) is 4.67. The van der Waals surface area contributed by atoms with Crippen LogP contribution in [0, 0.1) is 5.92 Å². The van der Waals surface area contributed by atoms with E-state index < -0.39 is 0 Å². The molecule has 0 saturated heterocycles. The van der Waals surface area contributed by atoms with Gasteiger partial charge in [-0.2, -0.15) is 0 Å². The van der Waals surface area contributed by atoms with Crippen molar-refractivity contribution in [2.45, 2.75) is 38.6 Å². The molecule has 118 valence electrons. The first-order valence-electron chi connectivity index (χ1n) is 7.73. The number of benzene rings is 1. The van der Waals surface area contributed by atoms with Crippen LogP contribution in [-0.2, 0) is 11.3 Å². The molecule has 1 aromatic heterocycles. The van der Waals surface area contributed by atoms with Crippen molar-refractivity contribution in [2.75, 3.05) is 5.88 Å². The minimum Gasteiger partial charge on any atom is -0.298 e. The lowest BCUT2D eigenvalue weighted by Gasteiger charge is -2.11. The SMILES string of the molecule is C=CC(CCCCCl)CCC(=O)Cn1nnc2ccccc21. The Kier molecular flexibility index (Phi) is 6.59. The van der Waals surface area contributed by atoms with Gasteiger partial charge in [-0.15, -0.1) is 23.3 Å². The number of alkyl halides is 1. The van der Waals surface area contributed by atoms with E-state index in [0.717, 1.165) is 36.7 Å². The Morgan fingerprint density at radius 2 is 2.14 bits per heavy atom. The van der Waals surface area contributed by atoms with E-state index in [1.807, 2.05) is 30.3 Å². The predicted octanol–water partition coefficient (Wildman–Crippen LogP) is 3.99. The number of unbranched alkanes of at least 4 members (excludes halogenated alkanes) is 1. The topological polar surface area (TPSA) is 47.8 Å². The highest BCUT2D eigenvalue weighted by atomic mass is 35.5. The van der Waals surface area contributed by atoms with Crippen LogP contribution in [0.4, 0.5) is 0 Å². The number of nitrogens with zero attached hydrogens (tertiary/aromatic N) is 3. The van der Waals surface area contributed by atoms with Crippen molar-refractivity contribution in [3.63, 3.8) is 0 Å². The first kappa shape index (κ1) is 16.7. The van der Waals surface area contributed by atoms with Crippen molar-refractivity contribution in [3.8, 4) is 0 Å². The molecule has 1 atom stereocenters. The number of hydrogen-bond acceptors (Lipinski definition) is 3. The number of ketones is 1. The van der Waals surface area contributed by atoms with Gasteiger partial charge in [0.2, 0.25) is 0 Å². The summed E-state index contributed by atoms with van der Waals surface area (Å²) in [6.07, 6.45) is 6.50. The quantitative estimate of drug-likeness (QED) is 0.378. The molecule has 5 heteroatoms. The van der Waals surface area contributed by atoms with E-state index in [2.05, 4.69) is 16.9 Å². The lowest BCUT2D eigenvalue weighted by Crippen LogP contribution is -2.12. The molecule has 0 N–H and O–H groups in total. The second-order valence-electron chi connectivity index (χ2n) is 5.49. The molecule has 2 rings (SSSR count). The molecule has 0 fully saturated rings. The van der Waals surface area contributed by atoms with Crippen LogP contribution in [0.2, 0.25) is 0 Å². The lowest BCUT2D eigenvalue weighted by atomic mass is 9.96. The lowest BCUT2D eigenvalue weighted by molar-refractivity contribution is -0.120. The summed E-state index contributed by atoms with van der Waals surface area (Å²) in [5, 5.41) is 8.12. The van der Waals surface area contributed by atoms with Crippen molar-refractivity contribution < 1.29 is 4.79 Å². The number of halogens is 1. The van der Waals surface area contributed by atoms with Gasteiger partial charge in [0.1, 0.15) is 12.1 Å². The van der Waals surface area contributed by atoms with Crippen LogP contribution in [0.5, 0.6) is 0 Å². The molecular weight excluding hydrogens is 298 g/mol. The van der Waals surface area contributed by atoms with Crippen LogP contribution in [0.3, 0.4) is 0 Å². The number of allylic oxidation sites excluding steroid dienone is 1. The van der Waals surface area contributed by atoms with Gasteiger partial charge in [-0.25, -0.2) is 4.68 Å². The summed E-state index contributed by atoms with van der Waals surface area (Å²) in [5.74, 6) is 1.27. The van der Waals surface area contributed by atoms with E-state index in [-0.39, 0.29) is 12.3 Å². The number of aromatic nitrogens is 3. The molecule has 4 nitrogen and oxygen atoms in total. The third-order valence-corrected chi connectivity index (χ3v) is 4.10. The predicted molar refractivity (Wildman–Crippen MR) is 90.0 cm³/mol. The first-order chi connectivity index (χ1) is 10.7. The number of carbonyl (C=O) groups excluding carboxylic acids is 1. The maximum absolute atomic E-state index is 12.2. The zero-order valence-corrected chi connectivity index (χ0v) is 13.5. The van der Waals surface area contributed by atoms with Gasteiger partial charge in [0.05, 0.1) is 5.52 Å².